The summed E-state index contributed by atoms with van der Waals surface area (Å²) in [4.78, 5) is 19.9. The Balaban J connectivity index is 1.37. The third-order valence-corrected chi connectivity index (χ3v) is 6.44. The molecule has 3 heterocycles. The first-order valence-corrected chi connectivity index (χ1v) is 11.4. The summed E-state index contributed by atoms with van der Waals surface area (Å²) in [5, 5.41) is 8.33. The number of hydrogen-bond acceptors (Lipinski definition) is 5. The summed E-state index contributed by atoms with van der Waals surface area (Å²) in [7, 11) is 0. The molecule has 5 rings (SSSR count). The Hall–Kier alpha value is -2.90. The van der Waals surface area contributed by atoms with Gasteiger partial charge in [-0.2, -0.15) is 5.10 Å². The second-order valence-electron chi connectivity index (χ2n) is 8.33. The second-order valence-corrected chi connectivity index (χ2v) is 8.74. The number of ether oxygens (including phenoxy) is 1. The molecule has 0 atom stereocenters. The average Bonchev–Trinajstić information content (AvgIpc) is 3.57. The Morgan fingerprint density at radius 3 is 2.81 bits per heavy atom. The molecule has 0 bridgehead atoms. The van der Waals surface area contributed by atoms with E-state index in [4.69, 9.17) is 16.3 Å². The normalized spacial score (nSPS) is 16.2. The van der Waals surface area contributed by atoms with Crippen LogP contribution < -0.4 is 10.2 Å². The summed E-state index contributed by atoms with van der Waals surface area (Å²) in [6.45, 7) is 5.36. The maximum Gasteiger partial charge on any atom is 0.255 e. The standard InChI is InChI=1S/C24H26ClN5O2/c1-16-4-7-19(13-21(16)25)30-22(17-5-6-17)20(15-28-30)24(31)27-14-18-3-2-8-26-23(18)29-9-11-32-12-10-29/h2-4,7-8,13,15,17H,5-6,9-12,14H2,1H3,(H,27,31). The van der Waals surface area contributed by atoms with Crippen molar-refractivity contribution >= 4 is 23.3 Å². The first kappa shape index (κ1) is 21.0. The predicted molar refractivity (Wildman–Crippen MR) is 124 cm³/mol. The van der Waals surface area contributed by atoms with Crippen LogP contribution in [-0.4, -0.2) is 47.0 Å². The largest absolute Gasteiger partial charge is 0.378 e. The van der Waals surface area contributed by atoms with Crippen LogP contribution >= 0.6 is 11.6 Å². The molecule has 0 radical (unpaired) electrons. The monoisotopic (exact) mass is 451 g/mol. The van der Waals surface area contributed by atoms with Crippen LogP contribution in [0.4, 0.5) is 5.82 Å². The molecule has 166 valence electrons. The molecule has 1 aromatic carbocycles. The smallest absolute Gasteiger partial charge is 0.255 e. The van der Waals surface area contributed by atoms with E-state index in [0.717, 1.165) is 54.3 Å². The van der Waals surface area contributed by atoms with Gasteiger partial charge < -0.3 is 15.0 Å². The number of aryl methyl sites for hydroxylation is 1. The number of benzene rings is 1. The maximum atomic E-state index is 13.2. The number of carbonyl (C=O) groups is 1. The summed E-state index contributed by atoms with van der Waals surface area (Å²) >= 11 is 6.34. The maximum absolute atomic E-state index is 13.2. The number of hydrogen-bond donors (Lipinski definition) is 1. The zero-order valence-corrected chi connectivity index (χ0v) is 18.8. The molecule has 0 spiro atoms. The lowest BCUT2D eigenvalue weighted by Gasteiger charge is -2.29. The van der Waals surface area contributed by atoms with Crippen molar-refractivity contribution in [1.82, 2.24) is 20.1 Å². The molecule has 0 unspecified atom stereocenters. The molecule has 32 heavy (non-hydrogen) atoms. The molecule has 2 aromatic heterocycles. The lowest BCUT2D eigenvalue weighted by atomic mass is 10.1. The highest BCUT2D eigenvalue weighted by molar-refractivity contribution is 6.31. The van der Waals surface area contributed by atoms with Crippen LogP contribution in [0.2, 0.25) is 5.02 Å². The molecule has 1 saturated carbocycles. The van der Waals surface area contributed by atoms with Crippen LogP contribution in [-0.2, 0) is 11.3 Å². The van der Waals surface area contributed by atoms with E-state index in [2.05, 4.69) is 20.3 Å². The molecule has 7 nitrogen and oxygen atoms in total. The van der Waals surface area contributed by atoms with Crippen LogP contribution in [0.15, 0.2) is 42.7 Å². The number of amides is 1. The highest BCUT2D eigenvalue weighted by Crippen LogP contribution is 2.42. The Labute approximate surface area is 192 Å². The number of morpholine rings is 1. The van der Waals surface area contributed by atoms with Gasteiger partial charge in [0.05, 0.1) is 36.4 Å². The van der Waals surface area contributed by atoms with Gasteiger partial charge in [-0.05, 0) is 43.5 Å². The second kappa shape index (κ2) is 8.92. The van der Waals surface area contributed by atoms with E-state index in [9.17, 15) is 4.79 Å². The van der Waals surface area contributed by atoms with Crippen LogP contribution in [0.1, 0.15) is 45.9 Å². The van der Waals surface area contributed by atoms with Gasteiger partial charge in [0.15, 0.2) is 0 Å². The van der Waals surface area contributed by atoms with Crippen LogP contribution in [0.25, 0.3) is 5.69 Å². The number of carbonyl (C=O) groups excluding carboxylic acids is 1. The topological polar surface area (TPSA) is 72.3 Å². The lowest BCUT2D eigenvalue weighted by molar-refractivity contribution is 0.0949. The van der Waals surface area contributed by atoms with Gasteiger partial charge in [-0.15, -0.1) is 0 Å². The van der Waals surface area contributed by atoms with Crippen molar-refractivity contribution < 1.29 is 9.53 Å². The molecule has 8 heteroatoms. The van der Waals surface area contributed by atoms with E-state index < -0.39 is 0 Å². The summed E-state index contributed by atoms with van der Waals surface area (Å²) in [6.07, 6.45) is 5.59. The Kier molecular flexibility index (Phi) is 5.85. The van der Waals surface area contributed by atoms with E-state index in [1.54, 1.807) is 12.4 Å². The van der Waals surface area contributed by atoms with Crippen LogP contribution in [0, 0.1) is 6.92 Å². The summed E-state index contributed by atoms with van der Waals surface area (Å²) in [5.74, 6) is 1.14. The number of nitrogens with one attached hydrogen (secondary N) is 1. The van der Waals surface area contributed by atoms with Crippen molar-refractivity contribution in [1.29, 1.82) is 0 Å². The molecule has 1 N–H and O–H groups in total. The van der Waals surface area contributed by atoms with Gasteiger partial charge in [-0.25, -0.2) is 9.67 Å². The highest BCUT2D eigenvalue weighted by atomic mass is 35.5. The molecular formula is C24H26ClN5O2. The lowest BCUT2D eigenvalue weighted by Crippen LogP contribution is -2.37. The van der Waals surface area contributed by atoms with Gasteiger partial charge in [0.1, 0.15) is 5.82 Å². The molecule has 3 aromatic rings. The third-order valence-electron chi connectivity index (χ3n) is 6.03. The zero-order chi connectivity index (χ0) is 22.1. The average molecular weight is 452 g/mol. The minimum absolute atomic E-state index is 0.117. The van der Waals surface area contributed by atoms with E-state index in [0.29, 0.717) is 36.3 Å². The van der Waals surface area contributed by atoms with E-state index in [1.807, 2.05) is 41.9 Å². The van der Waals surface area contributed by atoms with Gasteiger partial charge in [0.25, 0.3) is 5.91 Å². The van der Waals surface area contributed by atoms with Crippen molar-refractivity contribution in [2.24, 2.45) is 0 Å². The Morgan fingerprint density at radius 1 is 1.25 bits per heavy atom. The highest BCUT2D eigenvalue weighted by Gasteiger charge is 2.33. The van der Waals surface area contributed by atoms with Crippen LogP contribution in [0.5, 0.6) is 0 Å². The first-order valence-electron chi connectivity index (χ1n) is 11.0. The molecule has 1 amide bonds. The number of anilines is 1. The van der Waals surface area contributed by atoms with E-state index in [1.165, 1.54) is 0 Å². The molecule has 2 aliphatic rings. The van der Waals surface area contributed by atoms with E-state index in [-0.39, 0.29) is 5.91 Å². The zero-order valence-electron chi connectivity index (χ0n) is 18.1. The van der Waals surface area contributed by atoms with Crippen molar-refractivity contribution in [2.75, 3.05) is 31.2 Å². The summed E-state index contributed by atoms with van der Waals surface area (Å²) in [6, 6.07) is 9.79. The van der Waals surface area contributed by atoms with Crippen molar-refractivity contribution in [3.8, 4) is 5.69 Å². The first-order chi connectivity index (χ1) is 15.6. The van der Waals surface area contributed by atoms with Crippen LogP contribution in [0.3, 0.4) is 0 Å². The number of nitrogens with zero attached hydrogens (tertiary/aromatic N) is 4. The quantitative estimate of drug-likeness (QED) is 0.615. The Bertz CT molecular complexity index is 1140. The summed E-state index contributed by atoms with van der Waals surface area (Å²) in [5.41, 5.74) is 4.47. The molecular weight excluding hydrogens is 426 g/mol. The van der Waals surface area contributed by atoms with Gasteiger partial charge >= 0.3 is 0 Å². The van der Waals surface area contributed by atoms with Gasteiger partial charge in [0.2, 0.25) is 0 Å². The SMILES string of the molecule is Cc1ccc(-n2ncc(C(=O)NCc3cccnc3N3CCOCC3)c2C2CC2)cc1Cl. The number of pyridine rings is 1. The number of rotatable bonds is 6. The van der Waals surface area contributed by atoms with Crippen molar-refractivity contribution in [2.45, 2.75) is 32.2 Å². The minimum atomic E-state index is -0.117. The number of aromatic nitrogens is 3. The van der Waals surface area contributed by atoms with Gasteiger partial charge in [-0.1, -0.05) is 23.7 Å². The van der Waals surface area contributed by atoms with Gasteiger partial charge in [-0.3, -0.25) is 4.79 Å². The fraction of sp³-hybridized carbons (Fsp3) is 0.375. The van der Waals surface area contributed by atoms with Gasteiger partial charge in [0, 0.05) is 42.3 Å². The molecule has 2 fully saturated rings. The molecule has 1 aliphatic carbocycles. The van der Waals surface area contributed by atoms with E-state index >= 15 is 0 Å². The Morgan fingerprint density at radius 2 is 2.06 bits per heavy atom. The fourth-order valence-corrected chi connectivity index (χ4v) is 4.28. The fourth-order valence-electron chi connectivity index (χ4n) is 4.10. The van der Waals surface area contributed by atoms with Crippen molar-refractivity contribution in [3.05, 3.63) is 70.1 Å². The molecule has 1 saturated heterocycles. The predicted octanol–water partition coefficient (Wildman–Crippen LogP) is 3.87. The molecule has 1 aliphatic heterocycles. The minimum Gasteiger partial charge on any atom is -0.378 e. The van der Waals surface area contributed by atoms with Crippen molar-refractivity contribution in [3.63, 3.8) is 0 Å². The third kappa shape index (κ3) is 4.23. The number of halogens is 1. The summed E-state index contributed by atoms with van der Waals surface area (Å²) < 4.78 is 7.32.